The highest BCUT2D eigenvalue weighted by atomic mass is 16.2. The first kappa shape index (κ1) is 10.2. The highest BCUT2D eigenvalue weighted by Gasteiger charge is 2.35. The van der Waals surface area contributed by atoms with Crippen molar-refractivity contribution in [1.29, 1.82) is 0 Å². The monoisotopic (exact) mass is 208 g/mol. The van der Waals surface area contributed by atoms with Crippen LogP contribution in [0.3, 0.4) is 0 Å². The zero-order valence-corrected chi connectivity index (χ0v) is 8.84. The molecule has 82 valence electrons. The molecule has 1 fully saturated rings. The Labute approximate surface area is 88.6 Å². The first-order valence-electron chi connectivity index (χ1n) is 5.22. The van der Waals surface area contributed by atoms with Gasteiger partial charge in [-0.3, -0.25) is 9.89 Å². The Balaban J connectivity index is 1.87. The standard InChI is InChI=1S/C10H16N4O/c1-10(3-2-4-12-10)9(15)11-5-8-6-13-14-7-8/h6-7,12H,2-5H2,1H3,(H,11,15)(H,13,14). The van der Waals surface area contributed by atoms with E-state index in [1.54, 1.807) is 12.4 Å². The number of carbonyl (C=O) groups is 1. The normalized spacial score (nSPS) is 25.4. The van der Waals surface area contributed by atoms with Gasteiger partial charge >= 0.3 is 0 Å². The maximum absolute atomic E-state index is 11.9. The summed E-state index contributed by atoms with van der Waals surface area (Å²) >= 11 is 0. The highest BCUT2D eigenvalue weighted by molar-refractivity contribution is 5.86. The predicted molar refractivity (Wildman–Crippen MR) is 56.1 cm³/mol. The summed E-state index contributed by atoms with van der Waals surface area (Å²) in [5.74, 6) is 0.0706. The Hall–Kier alpha value is -1.36. The molecule has 5 nitrogen and oxygen atoms in total. The van der Waals surface area contributed by atoms with Crippen molar-refractivity contribution in [2.45, 2.75) is 31.8 Å². The van der Waals surface area contributed by atoms with Gasteiger partial charge in [0.25, 0.3) is 0 Å². The van der Waals surface area contributed by atoms with Crippen LogP contribution in [-0.2, 0) is 11.3 Å². The van der Waals surface area contributed by atoms with Crippen molar-refractivity contribution in [3.8, 4) is 0 Å². The second-order valence-corrected chi connectivity index (χ2v) is 4.15. The average Bonchev–Trinajstić information content (AvgIpc) is 2.85. The first-order valence-corrected chi connectivity index (χ1v) is 5.22. The van der Waals surface area contributed by atoms with Gasteiger partial charge < -0.3 is 10.6 Å². The van der Waals surface area contributed by atoms with Crippen molar-refractivity contribution < 1.29 is 4.79 Å². The molecule has 1 atom stereocenters. The van der Waals surface area contributed by atoms with Gasteiger partial charge in [0.05, 0.1) is 11.7 Å². The van der Waals surface area contributed by atoms with Crippen LogP contribution in [0.25, 0.3) is 0 Å². The third kappa shape index (κ3) is 2.18. The number of H-pyrrole nitrogens is 1. The number of carbonyl (C=O) groups excluding carboxylic acids is 1. The van der Waals surface area contributed by atoms with Gasteiger partial charge in [0, 0.05) is 18.3 Å². The van der Waals surface area contributed by atoms with Crippen LogP contribution >= 0.6 is 0 Å². The fourth-order valence-corrected chi connectivity index (χ4v) is 1.84. The van der Waals surface area contributed by atoms with Crippen LogP contribution in [0.15, 0.2) is 12.4 Å². The molecule has 2 heterocycles. The topological polar surface area (TPSA) is 69.8 Å². The SMILES string of the molecule is CC1(C(=O)NCc2cn[nH]c2)CCCN1. The van der Waals surface area contributed by atoms with Crippen LogP contribution in [0.4, 0.5) is 0 Å². The second-order valence-electron chi connectivity index (χ2n) is 4.15. The molecule has 0 radical (unpaired) electrons. The molecule has 1 aromatic rings. The van der Waals surface area contributed by atoms with Crippen molar-refractivity contribution in [2.75, 3.05) is 6.54 Å². The lowest BCUT2D eigenvalue weighted by molar-refractivity contribution is -0.126. The predicted octanol–water partition coefficient (Wildman–Crippen LogP) is 0.168. The maximum Gasteiger partial charge on any atom is 0.240 e. The van der Waals surface area contributed by atoms with Crippen LogP contribution in [0, 0.1) is 0 Å². The van der Waals surface area contributed by atoms with Gasteiger partial charge in [-0.1, -0.05) is 0 Å². The molecular weight excluding hydrogens is 192 g/mol. The van der Waals surface area contributed by atoms with E-state index in [0.717, 1.165) is 24.9 Å². The number of nitrogens with one attached hydrogen (secondary N) is 3. The molecule has 0 aliphatic carbocycles. The van der Waals surface area contributed by atoms with Gasteiger partial charge in [-0.15, -0.1) is 0 Å². The summed E-state index contributed by atoms with van der Waals surface area (Å²) in [6, 6.07) is 0. The molecule has 1 aliphatic rings. The minimum atomic E-state index is -0.385. The molecular formula is C10H16N4O. The van der Waals surface area contributed by atoms with Crippen LogP contribution in [-0.4, -0.2) is 28.2 Å². The van der Waals surface area contributed by atoms with Crippen LogP contribution in [0.1, 0.15) is 25.3 Å². The molecule has 1 unspecified atom stereocenters. The summed E-state index contributed by atoms with van der Waals surface area (Å²) in [6.07, 6.45) is 5.47. The van der Waals surface area contributed by atoms with E-state index in [-0.39, 0.29) is 11.4 Å². The zero-order chi connectivity index (χ0) is 10.7. The fraction of sp³-hybridized carbons (Fsp3) is 0.600. The summed E-state index contributed by atoms with van der Waals surface area (Å²) in [4.78, 5) is 11.9. The largest absolute Gasteiger partial charge is 0.350 e. The van der Waals surface area contributed by atoms with Crippen molar-refractivity contribution in [3.63, 3.8) is 0 Å². The van der Waals surface area contributed by atoms with Crippen molar-refractivity contribution in [2.24, 2.45) is 0 Å². The number of aromatic amines is 1. The van der Waals surface area contributed by atoms with E-state index < -0.39 is 0 Å². The van der Waals surface area contributed by atoms with Gasteiger partial charge in [0.2, 0.25) is 5.91 Å². The van der Waals surface area contributed by atoms with Gasteiger partial charge in [0.1, 0.15) is 0 Å². The van der Waals surface area contributed by atoms with Crippen LogP contribution in [0.2, 0.25) is 0 Å². The summed E-state index contributed by atoms with van der Waals surface area (Å²) in [6.45, 7) is 3.41. The molecule has 0 aromatic carbocycles. The lowest BCUT2D eigenvalue weighted by atomic mass is 9.99. The van der Waals surface area contributed by atoms with E-state index in [1.165, 1.54) is 0 Å². The molecule has 1 aliphatic heterocycles. The number of hydrogen-bond acceptors (Lipinski definition) is 3. The lowest BCUT2D eigenvalue weighted by Crippen LogP contribution is -2.50. The summed E-state index contributed by atoms with van der Waals surface area (Å²) in [7, 11) is 0. The number of amides is 1. The van der Waals surface area contributed by atoms with E-state index in [1.807, 2.05) is 6.92 Å². The summed E-state index contributed by atoms with van der Waals surface area (Å²) in [5, 5.41) is 12.7. The third-order valence-corrected chi connectivity index (χ3v) is 2.88. The Morgan fingerprint density at radius 2 is 2.60 bits per heavy atom. The van der Waals surface area contributed by atoms with E-state index in [9.17, 15) is 4.79 Å². The van der Waals surface area contributed by atoms with Gasteiger partial charge in [-0.2, -0.15) is 5.10 Å². The smallest absolute Gasteiger partial charge is 0.240 e. The number of nitrogens with zero attached hydrogens (tertiary/aromatic N) is 1. The molecule has 0 spiro atoms. The molecule has 15 heavy (non-hydrogen) atoms. The molecule has 0 bridgehead atoms. The zero-order valence-electron chi connectivity index (χ0n) is 8.84. The third-order valence-electron chi connectivity index (χ3n) is 2.88. The van der Waals surface area contributed by atoms with Gasteiger partial charge in [0.15, 0.2) is 0 Å². The Bertz CT molecular complexity index is 327. The van der Waals surface area contributed by atoms with E-state index >= 15 is 0 Å². The number of aromatic nitrogens is 2. The van der Waals surface area contributed by atoms with Crippen LogP contribution in [0.5, 0.6) is 0 Å². The quantitative estimate of drug-likeness (QED) is 0.663. The minimum absolute atomic E-state index is 0.0706. The highest BCUT2D eigenvalue weighted by Crippen LogP contribution is 2.18. The molecule has 2 rings (SSSR count). The fourth-order valence-electron chi connectivity index (χ4n) is 1.84. The number of hydrogen-bond donors (Lipinski definition) is 3. The average molecular weight is 208 g/mol. The summed E-state index contributed by atoms with van der Waals surface area (Å²) < 4.78 is 0. The first-order chi connectivity index (χ1) is 7.21. The van der Waals surface area contributed by atoms with Crippen molar-refractivity contribution in [1.82, 2.24) is 20.8 Å². The van der Waals surface area contributed by atoms with E-state index in [2.05, 4.69) is 20.8 Å². The van der Waals surface area contributed by atoms with Crippen LogP contribution < -0.4 is 10.6 Å². The Morgan fingerprint density at radius 1 is 1.73 bits per heavy atom. The molecule has 1 saturated heterocycles. The maximum atomic E-state index is 11.9. The van der Waals surface area contributed by atoms with Crippen molar-refractivity contribution in [3.05, 3.63) is 18.0 Å². The minimum Gasteiger partial charge on any atom is -0.350 e. The van der Waals surface area contributed by atoms with Gasteiger partial charge in [-0.05, 0) is 26.3 Å². The Morgan fingerprint density at radius 3 is 3.20 bits per heavy atom. The number of rotatable bonds is 3. The molecule has 1 amide bonds. The van der Waals surface area contributed by atoms with Crippen molar-refractivity contribution >= 4 is 5.91 Å². The van der Waals surface area contributed by atoms with E-state index in [0.29, 0.717) is 6.54 Å². The second kappa shape index (κ2) is 4.02. The molecule has 1 aromatic heterocycles. The summed E-state index contributed by atoms with van der Waals surface area (Å²) in [5.41, 5.74) is 0.606. The molecule has 0 saturated carbocycles. The Kier molecular flexibility index (Phi) is 2.73. The molecule has 3 N–H and O–H groups in total. The lowest BCUT2D eigenvalue weighted by Gasteiger charge is -2.22. The molecule has 5 heteroatoms. The van der Waals surface area contributed by atoms with Gasteiger partial charge in [-0.25, -0.2) is 0 Å². The van der Waals surface area contributed by atoms with E-state index in [4.69, 9.17) is 0 Å².